The van der Waals surface area contributed by atoms with E-state index in [4.69, 9.17) is 0 Å². The molecule has 1 saturated heterocycles. The van der Waals surface area contributed by atoms with Crippen molar-refractivity contribution in [3.05, 3.63) is 58.5 Å². The third-order valence-electron chi connectivity index (χ3n) is 6.23. The molecular weight excluding hydrogens is 438 g/mol. The molecule has 176 valence electrons. The molecule has 0 N–H and O–H groups in total. The molecule has 1 aliphatic rings. The van der Waals surface area contributed by atoms with Gasteiger partial charge in [0, 0.05) is 38.6 Å². The second-order valence-electron chi connectivity index (χ2n) is 9.73. The van der Waals surface area contributed by atoms with E-state index >= 15 is 0 Å². The Morgan fingerprint density at radius 2 is 1.61 bits per heavy atom. The lowest BCUT2D eigenvalue weighted by molar-refractivity contribution is 0.0699. The SMILES string of the molecule is Cc1cc(C(C)(C)C)cc(C)c1S(=O)(=O)N1CCN(C(=O)c2c(C)nn3cccnc23)CC1. The van der Waals surface area contributed by atoms with Gasteiger partial charge in [-0.2, -0.15) is 9.40 Å². The summed E-state index contributed by atoms with van der Waals surface area (Å²) in [6.07, 6.45) is 3.39. The molecule has 33 heavy (non-hydrogen) atoms. The fraction of sp³-hybridized carbons (Fsp3) is 0.458. The number of piperazine rings is 1. The molecule has 0 radical (unpaired) electrons. The third-order valence-corrected chi connectivity index (χ3v) is 8.44. The number of aryl methyl sites for hydroxylation is 3. The summed E-state index contributed by atoms with van der Waals surface area (Å²) in [5, 5.41) is 4.37. The minimum atomic E-state index is -3.66. The maximum absolute atomic E-state index is 13.5. The van der Waals surface area contributed by atoms with Crippen molar-refractivity contribution in [3.63, 3.8) is 0 Å². The molecule has 9 heteroatoms. The molecule has 1 aliphatic heterocycles. The molecule has 8 nitrogen and oxygen atoms in total. The van der Waals surface area contributed by atoms with Crippen LogP contribution in [-0.4, -0.2) is 64.3 Å². The van der Waals surface area contributed by atoms with E-state index in [0.717, 1.165) is 16.7 Å². The van der Waals surface area contributed by atoms with E-state index in [1.807, 2.05) is 26.0 Å². The zero-order valence-corrected chi connectivity index (χ0v) is 20.9. The van der Waals surface area contributed by atoms with E-state index in [9.17, 15) is 13.2 Å². The smallest absolute Gasteiger partial charge is 0.259 e. The van der Waals surface area contributed by atoms with Gasteiger partial charge in [-0.1, -0.05) is 32.9 Å². The molecule has 1 aromatic carbocycles. The number of benzene rings is 1. The van der Waals surface area contributed by atoms with Crippen molar-refractivity contribution in [3.8, 4) is 0 Å². The van der Waals surface area contributed by atoms with Gasteiger partial charge < -0.3 is 4.90 Å². The van der Waals surface area contributed by atoms with E-state index in [2.05, 4.69) is 30.9 Å². The van der Waals surface area contributed by atoms with Gasteiger partial charge in [-0.05, 0) is 48.9 Å². The lowest BCUT2D eigenvalue weighted by atomic mass is 9.85. The summed E-state index contributed by atoms with van der Waals surface area (Å²) in [7, 11) is -3.66. The van der Waals surface area contributed by atoms with E-state index in [-0.39, 0.29) is 24.4 Å². The average Bonchev–Trinajstić information content (AvgIpc) is 3.07. The number of hydrogen-bond donors (Lipinski definition) is 0. The van der Waals surface area contributed by atoms with Crippen molar-refractivity contribution in [1.82, 2.24) is 23.8 Å². The van der Waals surface area contributed by atoms with Gasteiger partial charge in [-0.25, -0.2) is 17.9 Å². The number of carbonyl (C=O) groups excluding carboxylic acids is 1. The first kappa shape index (κ1) is 23.4. The minimum absolute atomic E-state index is 0.0606. The largest absolute Gasteiger partial charge is 0.336 e. The fourth-order valence-corrected chi connectivity index (χ4v) is 6.29. The van der Waals surface area contributed by atoms with Crippen molar-refractivity contribution in [2.75, 3.05) is 26.2 Å². The van der Waals surface area contributed by atoms with E-state index < -0.39 is 10.0 Å². The maximum atomic E-state index is 13.5. The molecule has 4 rings (SSSR count). The molecule has 0 atom stereocenters. The highest BCUT2D eigenvalue weighted by atomic mass is 32.2. The zero-order chi connectivity index (χ0) is 24.1. The number of nitrogens with zero attached hydrogens (tertiary/aromatic N) is 5. The van der Waals surface area contributed by atoms with Gasteiger partial charge in [0.05, 0.1) is 10.6 Å². The lowest BCUT2D eigenvalue weighted by Crippen LogP contribution is -2.50. The first-order chi connectivity index (χ1) is 15.4. The first-order valence-corrected chi connectivity index (χ1v) is 12.6. The molecule has 1 fully saturated rings. The fourth-order valence-electron chi connectivity index (χ4n) is 4.46. The number of aromatic nitrogens is 3. The zero-order valence-electron chi connectivity index (χ0n) is 20.1. The molecule has 2 aromatic heterocycles. The van der Waals surface area contributed by atoms with Gasteiger partial charge >= 0.3 is 0 Å². The van der Waals surface area contributed by atoms with Crippen LogP contribution in [0.15, 0.2) is 35.5 Å². The Balaban J connectivity index is 1.55. The Morgan fingerprint density at radius 1 is 1.00 bits per heavy atom. The Bertz CT molecular complexity index is 1310. The van der Waals surface area contributed by atoms with Crippen LogP contribution in [0.4, 0.5) is 0 Å². The molecule has 0 saturated carbocycles. The molecule has 3 aromatic rings. The number of fused-ring (bicyclic) bond motifs is 1. The second-order valence-corrected chi connectivity index (χ2v) is 11.6. The highest BCUT2D eigenvalue weighted by Crippen LogP contribution is 2.31. The monoisotopic (exact) mass is 469 g/mol. The average molecular weight is 470 g/mol. The van der Waals surface area contributed by atoms with Crippen LogP contribution in [0.2, 0.25) is 0 Å². The number of carbonyl (C=O) groups is 1. The molecular formula is C24H31N5O3S. The highest BCUT2D eigenvalue weighted by molar-refractivity contribution is 7.89. The van der Waals surface area contributed by atoms with Gasteiger partial charge in [-0.3, -0.25) is 4.79 Å². The van der Waals surface area contributed by atoms with Crippen LogP contribution >= 0.6 is 0 Å². The summed E-state index contributed by atoms with van der Waals surface area (Å²) in [5.74, 6) is -0.167. The van der Waals surface area contributed by atoms with Crippen LogP contribution in [0.1, 0.15) is 53.5 Å². The molecule has 0 bridgehead atoms. The summed E-state index contributed by atoms with van der Waals surface area (Å²) in [5.41, 5.74) is 4.16. The van der Waals surface area contributed by atoms with Gasteiger partial charge in [0.25, 0.3) is 5.91 Å². The van der Waals surface area contributed by atoms with Crippen LogP contribution in [-0.2, 0) is 15.4 Å². The van der Waals surface area contributed by atoms with E-state index in [1.165, 1.54) is 4.31 Å². The Kier molecular flexibility index (Phi) is 5.82. The Hall–Kier alpha value is -2.78. The van der Waals surface area contributed by atoms with Crippen molar-refractivity contribution in [2.24, 2.45) is 0 Å². The topological polar surface area (TPSA) is 87.9 Å². The van der Waals surface area contributed by atoms with Gasteiger partial charge in [0.2, 0.25) is 10.0 Å². The number of sulfonamides is 1. The summed E-state index contributed by atoms with van der Waals surface area (Å²) < 4.78 is 30.1. The highest BCUT2D eigenvalue weighted by Gasteiger charge is 2.34. The number of rotatable bonds is 3. The van der Waals surface area contributed by atoms with Gasteiger partial charge in [0.15, 0.2) is 5.65 Å². The predicted octanol–water partition coefficient (Wildman–Crippen LogP) is 3.10. The second kappa shape index (κ2) is 8.22. The maximum Gasteiger partial charge on any atom is 0.259 e. The van der Waals surface area contributed by atoms with Crippen molar-refractivity contribution < 1.29 is 13.2 Å². The van der Waals surface area contributed by atoms with Crippen LogP contribution in [0.5, 0.6) is 0 Å². The third kappa shape index (κ3) is 4.15. The van der Waals surface area contributed by atoms with Crippen LogP contribution in [0, 0.1) is 20.8 Å². The molecule has 0 aliphatic carbocycles. The van der Waals surface area contributed by atoms with Crippen LogP contribution < -0.4 is 0 Å². The Morgan fingerprint density at radius 3 is 2.18 bits per heavy atom. The van der Waals surface area contributed by atoms with E-state index in [0.29, 0.717) is 34.9 Å². The predicted molar refractivity (Wildman–Crippen MR) is 127 cm³/mol. The van der Waals surface area contributed by atoms with E-state index in [1.54, 1.807) is 34.8 Å². The summed E-state index contributed by atoms with van der Waals surface area (Å²) in [6, 6.07) is 5.70. The van der Waals surface area contributed by atoms with Crippen LogP contribution in [0.3, 0.4) is 0 Å². The molecule has 1 amide bonds. The summed E-state index contributed by atoms with van der Waals surface area (Å²) in [6.45, 7) is 13.0. The number of hydrogen-bond acceptors (Lipinski definition) is 5. The quantitative estimate of drug-likeness (QED) is 0.588. The Labute approximate surface area is 195 Å². The number of amides is 1. The summed E-state index contributed by atoms with van der Waals surface area (Å²) >= 11 is 0. The van der Waals surface area contributed by atoms with Crippen molar-refractivity contribution in [1.29, 1.82) is 0 Å². The van der Waals surface area contributed by atoms with Crippen molar-refractivity contribution in [2.45, 2.75) is 51.9 Å². The standard InChI is InChI=1S/C24H31N5O3S/c1-16-14-19(24(4,5)6)15-17(2)21(16)33(31,32)28-12-10-27(11-13-28)23(30)20-18(3)26-29-9-7-8-25-22(20)29/h7-9,14-15H,10-13H2,1-6H3. The van der Waals surface area contributed by atoms with Crippen LogP contribution in [0.25, 0.3) is 5.65 Å². The lowest BCUT2D eigenvalue weighted by Gasteiger charge is -2.34. The van der Waals surface area contributed by atoms with Gasteiger partial charge in [0.1, 0.15) is 5.56 Å². The molecule has 0 unspecified atom stereocenters. The van der Waals surface area contributed by atoms with Crippen molar-refractivity contribution >= 4 is 21.6 Å². The van der Waals surface area contributed by atoms with Gasteiger partial charge in [-0.15, -0.1) is 0 Å². The minimum Gasteiger partial charge on any atom is -0.336 e. The molecule has 3 heterocycles. The normalized spacial score (nSPS) is 15.9. The molecule has 0 spiro atoms. The summed E-state index contributed by atoms with van der Waals surface area (Å²) in [4.78, 5) is 19.6. The first-order valence-electron chi connectivity index (χ1n) is 11.1.